The second-order valence-electron chi connectivity index (χ2n) is 8.08. The fraction of sp³-hybridized carbons (Fsp3) is 0.143. The van der Waals surface area contributed by atoms with E-state index in [2.05, 4.69) is 97.1 Å². The van der Waals surface area contributed by atoms with Crippen LogP contribution in [0, 0.1) is 0 Å². The number of para-hydroxylation sites is 2. The van der Waals surface area contributed by atoms with Crippen molar-refractivity contribution < 1.29 is 4.74 Å². The van der Waals surface area contributed by atoms with Crippen LogP contribution in [-0.4, -0.2) is 36.6 Å². The minimum atomic E-state index is 0.139. The summed E-state index contributed by atoms with van der Waals surface area (Å²) in [5.74, 6) is 3.76. The van der Waals surface area contributed by atoms with E-state index in [1.165, 1.54) is 10.9 Å². The van der Waals surface area contributed by atoms with Crippen LogP contribution < -0.4 is 38.1 Å². The van der Waals surface area contributed by atoms with Crippen molar-refractivity contribution in [2.24, 2.45) is 11.5 Å². The van der Waals surface area contributed by atoms with Gasteiger partial charge < -0.3 is 16.2 Å². The molecule has 0 bridgehead atoms. The molecular weight excluding hydrogens is 466 g/mol. The first-order chi connectivity index (χ1) is 17.3. The minimum absolute atomic E-state index is 0.139. The summed E-state index contributed by atoms with van der Waals surface area (Å²) in [6.07, 6.45) is 0. The lowest BCUT2D eigenvalue weighted by atomic mass is 9.61. The Labute approximate surface area is 218 Å². The maximum Gasteiger partial charge on any atom is 0.278 e. The van der Waals surface area contributed by atoms with Gasteiger partial charge >= 0.3 is 0 Å². The van der Waals surface area contributed by atoms with E-state index in [1.54, 1.807) is 0 Å². The third-order valence-corrected chi connectivity index (χ3v) is 8.29. The fourth-order valence-electron chi connectivity index (χ4n) is 4.06. The van der Waals surface area contributed by atoms with Crippen molar-refractivity contribution in [2.75, 3.05) is 24.6 Å². The predicted molar refractivity (Wildman–Crippen MR) is 159 cm³/mol. The van der Waals surface area contributed by atoms with Crippen LogP contribution in [0.15, 0.2) is 109 Å². The van der Waals surface area contributed by atoms with Gasteiger partial charge in [-0.2, -0.15) is 23.2 Å². The average molecular weight is 496 g/mol. The number of hydrogen-bond donors (Lipinski definition) is 2. The molecule has 0 aliphatic rings. The molecule has 0 aliphatic heterocycles. The lowest BCUT2D eigenvalue weighted by molar-refractivity contribution is 0.490. The van der Waals surface area contributed by atoms with E-state index in [-0.39, 0.29) is 12.0 Å². The molecule has 0 unspecified atom stereocenters. The van der Waals surface area contributed by atoms with Gasteiger partial charge in [0.1, 0.15) is 11.5 Å². The summed E-state index contributed by atoms with van der Waals surface area (Å²) in [7, 11) is 0. The molecule has 0 saturated carbocycles. The van der Waals surface area contributed by atoms with Crippen LogP contribution in [0.4, 0.5) is 0 Å². The topological polar surface area (TPSA) is 61.3 Å². The van der Waals surface area contributed by atoms with Gasteiger partial charge in [0.2, 0.25) is 0 Å². The standard InChI is InChI=1S/C28H30B2N2OS2/c31-19-21-34-29(23-11-3-1-4-12-23)25-15-7-9-17-27(25)33-28-18-10-8-16-26(28)30(35-22-20-32)24-13-5-2-6-14-24/h1-18H,19-22,31-32H2. The molecule has 4 rings (SSSR count). The molecule has 7 heteroatoms. The van der Waals surface area contributed by atoms with E-state index in [9.17, 15) is 0 Å². The molecule has 4 N–H and O–H groups in total. The van der Waals surface area contributed by atoms with E-state index in [0.717, 1.165) is 33.9 Å². The van der Waals surface area contributed by atoms with Gasteiger partial charge in [0, 0.05) is 13.1 Å². The number of hydrogen-bond acceptors (Lipinski definition) is 5. The maximum atomic E-state index is 6.72. The van der Waals surface area contributed by atoms with Gasteiger partial charge in [-0.25, -0.2) is 0 Å². The van der Waals surface area contributed by atoms with E-state index in [4.69, 9.17) is 16.2 Å². The van der Waals surface area contributed by atoms with Gasteiger partial charge in [-0.05, 0) is 34.6 Å². The number of nitrogens with two attached hydrogens (primary N) is 2. The van der Waals surface area contributed by atoms with Gasteiger partial charge in [-0.1, -0.05) is 108 Å². The highest BCUT2D eigenvalue weighted by atomic mass is 32.2. The number of benzene rings is 4. The van der Waals surface area contributed by atoms with Crippen LogP contribution in [0.3, 0.4) is 0 Å². The first kappa shape index (κ1) is 25.5. The lowest BCUT2D eigenvalue weighted by Crippen LogP contribution is -2.42. The average Bonchev–Trinajstić information content (AvgIpc) is 2.92. The van der Waals surface area contributed by atoms with Crippen LogP contribution in [0.1, 0.15) is 0 Å². The Morgan fingerprint density at radius 1 is 0.514 bits per heavy atom. The first-order valence-corrected chi connectivity index (χ1v) is 14.0. The molecule has 176 valence electrons. The summed E-state index contributed by atoms with van der Waals surface area (Å²) in [5.41, 5.74) is 16.6. The third kappa shape index (κ3) is 6.77. The largest absolute Gasteiger partial charge is 0.458 e. The molecular formula is C28H30B2N2OS2. The minimum Gasteiger partial charge on any atom is -0.458 e. The van der Waals surface area contributed by atoms with Crippen LogP contribution in [-0.2, 0) is 0 Å². The molecule has 0 spiro atoms. The molecule has 3 nitrogen and oxygen atoms in total. The molecule has 0 radical (unpaired) electrons. The van der Waals surface area contributed by atoms with Gasteiger partial charge in [0.05, 0.1) is 0 Å². The third-order valence-electron chi connectivity index (χ3n) is 5.63. The van der Waals surface area contributed by atoms with Crippen molar-refractivity contribution in [3.8, 4) is 11.5 Å². The Hall–Kier alpha value is -2.57. The zero-order valence-electron chi connectivity index (χ0n) is 19.8. The highest BCUT2D eigenvalue weighted by Gasteiger charge is 2.26. The fourth-order valence-corrected chi connectivity index (χ4v) is 6.25. The molecule has 0 aromatic heterocycles. The molecule has 0 fully saturated rings. The molecule has 4 aromatic carbocycles. The highest BCUT2D eigenvalue weighted by molar-refractivity contribution is 8.28. The van der Waals surface area contributed by atoms with E-state index < -0.39 is 0 Å². The Morgan fingerprint density at radius 2 is 0.886 bits per heavy atom. The zero-order chi connectivity index (χ0) is 24.3. The summed E-state index contributed by atoms with van der Waals surface area (Å²) in [4.78, 5) is 0. The van der Waals surface area contributed by atoms with Crippen LogP contribution >= 0.6 is 23.2 Å². The summed E-state index contributed by atoms with van der Waals surface area (Å²) >= 11 is 3.70. The van der Waals surface area contributed by atoms with Crippen molar-refractivity contribution in [1.29, 1.82) is 0 Å². The number of rotatable bonds is 12. The van der Waals surface area contributed by atoms with E-state index in [1.807, 2.05) is 35.4 Å². The van der Waals surface area contributed by atoms with Crippen LogP contribution in [0.2, 0.25) is 0 Å². The van der Waals surface area contributed by atoms with E-state index >= 15 is 0 Å². The second kappa shape index (κ2) is 13.5. The van der Waals surface area contributed by atoms with Crippen LogP contribution in [0.25, 0.3) is 0 Å². The zero-order valence-corrected chi connectivity index (χ0v) is 21.4. The SMILES string of the molecule is NCCSB(c1ccccc1)c1ccccc1Oc1ccccc1B(SCCN)c1ccccc1. The Bertz CT molecular complexity index is 1090. The monoisotopic (exact) mass is 496 g/mol. The van der Waals surface area contributed by atoms with Crippen molar-refractivity contribution in [2.45, 2.75) is 0 Å². The van der Waals surface area contributed by atoms with Crippen molar-refractivity contribution >= 4 is 57.1 Å². The molecule has 0 heterocycles. The summed E-state index contributed by atoms with van der Waals surface area (Å²) < 4.78 is 6.72. The van der Waals surface area contributed by atoms with Gasteiger partial charge in [0.15, 0.2) is 0 Å². The summed E-state index contributed by atoms with van der Waals surface area (Å²) in [5, 5.41) is 0. The predicted octanol–water partition coefficient (Wildman–Crippen LogP) is 3.07. The van der Waals surface area contributed by atoms with Crippen molar-refractivity contribution in [3.05, 3.63) is 109 Å². The quantitative estimate of drug-likeness (QED) is 0.296. The molecule has 0 aliphatic carbocycles. The van der Waals surface area contributed by atoms with Gasteiger partial charge in [0.25, 0.3) is 12.0 Å². The van der Waals surface area contributed by atoms with Gasteiger partial charge in [-0.15, -0.1) is 0 Å². The van der Waals surface area contributed by atoms with Gasteiger partial charge in [-0.3, -0.25) is 0 Å². The summed E-state index contributed by atoms with van der Waals surface area (Å²) in [6, 6.07) is 37.8. The highest BCUT2D eigenvalue weighted by Crippen LogP contribution is 2.23. The Kier molecular flexibility index (Phi) is 9.84. The molecule has 0 saturated heterocycles. The number of ether oxygens (including phenoxy) is 1. The lowest BCUT2D eigenvalue weighted by Gasteiger charge is -2.21. The molecule has 4 aromatic rings. The normalized spacial score (nSPS) is 10.7. The smallest absolute Gasteiger partial charge is 0.278 e. The van der Waals surface area contributed by atoms with Crippen molar-refractivity contribution in [3.63, 3.8) is 0 Å². The first-order valence-electron chi connectivity index (χ1n) is 11.9. The van der Waals surface area contributed by atoms with E-state index in [0.29, 0.717) is 13.1 Å². The van der Waals surface area contributed by atoms with Crippen LogP contribution in [0.5, 0.6) is 11.5 Å². The van der Waals surface area contributed by atoms with Crippen molar-refractivity contribution in [1.82, 2.24) is 0 Å². The Balaban J connectivity index is 1.72. The Morgan fingerprint density at radius 3 is 1.29 bits per heavy atom. The molecule has 0 atom stereocenters. The summed E-state index contributed by atoms with van der Waals surface area (Å²) in [6.45, 7) is 1.27. The molecule has 35 heavy (non-hydrogen) atoms. The second-order valence-corrected chi connectivity index (χ2v) is 10.5. The maximum absolute atomic E-state index is 6.72. The molecule has 0 amide bonds.